The summed E-state index contributed by atoms with van der Waals surface area (Å²) in [5, 5.41) is 0. The zero-order valence-electron chi connectivity index (χ0n) is 11.8. The van der Waals surface area contributed by atoms with Crippen LogP contribution in [0.5, 0.6) is 0 Å². The zero-order chi connectivity index (χ0) is 13.0. The number of ether oxygens (including phenoxy) is 1. The lowest BCUT2D eigenvalue weighted by Gasteiger charge is -2.25. The average molecular weight is 250 g/mol. The average Bonchev–Trinajstić information content (AvgIpc) is 2.99. The number of unbranched alkanes of at least 4 members (excludes halogenated alkanes) is 2. The predicted molar refractivity (Wildman–Crippen MR) is 73.2 cm³/mol. The molecule has 1 fully saturated rings. The van der Waals surface area contributed by atoms with Gasteiger partial charge in [-0.3, -0.25) is 4.79 Å². The summed E-state index contributed by atoms with van der Waals surface area (Å²) in [5.74, 6) is 0.680. The van der Waals surface area contributed by atoms with Gasteiger partial charge in [0.25, 0.3) is 0 Å². The van der Waals surface area contributed by atoms with Crippen LogP contribution in [0, 0.1) is 11.3 Å². The Hall–Kier alpha value is -0.790. The Kier molecular flexibility index (Phi) is 4.47. The van der Waals surface area contributed by atoms with Gasteiger partial charge in [0, 0.05) is 0 Å². The van der Waals surface area contributed by atoms with Crippen molar-refractivity contribution in [2.24, 2.45) is 11.3 Å². The monoisotopic (exact) mass is 250 g/mol. The Balaban J connectivity index is 1.84. The normalized spacial score (nSPS) is 30.7. The largest absolute Gasteiger partial charge is 0.462 e. The second-order valence-electron chi connectivity index (χ2n) is 5.95. The number of rotatable bonds is 7. The Bertz CT molecular complexity index is 321. The molecule has 0 radical (unpaired) electrons. The van der Waals surface area contributed by atoms with Gasteiger partial charge < -0.3 is 4.74 Å². The van der Waals surface area contributed by atoms with Crippen molar-refractivity contribution in [3.05, 3.63) is 12.2 Å². The minimum Gasteiger partial charge on any atom is -0.462 e. The van der Waals surface area contributed by atoms with Crippen LogP contribution in [0.25, 0.3) is 0 Å². The summed E-state index contributed by atoms with van der Waals surface area (Å²) in [5.41, 5.74) is -0.247. The molecule has 0 heterocycles. The third-order valence-electron chi connectivity index (χ3n) is 4.54. The Morgan fingerprint density at radius 3 is 2.78 bits per heavy atom. The minimum absolute atomic E-state index is 0.0436. The first-order valence-corrected chi connectivity index (χ1v) is 7.60. The van der Waals surface area contributed by atoms with Crippen molar-refractivity contribution in [2.45, 2.75) is 71.3 Å². The van der Waals surface area contributed by atoms with E-state index in [0.717, 1.165) is 32.1 Å². The summed E-state index contributed by atoms with van der Waals surface area (Å²) in [6.45, 7) is 4.32. The number of esters is 1. The number of fused-ring (bicyclic) bond motifs is 2. The van der Waals surface area contributed by atoms with Crippen molar-refractivity contribution < 1.29 is 9.53 Å². The van der Waals surface area contributed by atoms with Gasteiger partial charge in [-0.2, -0.15) is 0 Å². The molecule has 2 nitrogen and oxygen atoms in total. The van der Waals surface area contributed by atoms with Gasteiger partial charge in [-0.1, -0.05) is 38.8 Å². The Morgan fingerprint density at radius 1 is 1.44 bits per heavy atom. The van der Waals surface area contributed by atoms with E-state index in [0.29, 0.717) is 5.92 Å². The van der Waals surface area contributed by atoms with Crippen LogP contribution in [0.15, 0.2) is 12.2 Å². The fourth-order valence-electron chi connectivity index (χ4n) is 3.24. The molecule has 3 unspecified atom stereocenters. The molecule has 0 aromatic rings. The smallest absolute Gasteiger partial charge is 0.316 e. The summed E-state index contributed by atoms with van der Waals surface area (Å²) in [6, 6.07) is 0. The Labute approximate surface area is 111 Å². The SMILES string of the molecule is CCCCCC(CC)OC(=O)C12C=CC(CC1)C2. The first kappa shape index (κ1) is 13.6. The van der Waals surface area contributed by atoms with Crippen molar-refractivity contribution in [3.8, 4) is 0 Å². The molecule has 0 aliphatic heterocycles. The highest BCUT2D eigenvalue weighted by Crippen LogP contribution is 2.50. The van der Waals surface area contributed by atoms with Crippen LogP contribution in [0.3, 0.4) is 0 Å². The minimum atomic E-state index is -0.247. The van der Waals surface area contributed by atoms with Gasteiger partial charge in [-0.05, 0) is 44.4 Å². The van der Waals surface area contributed by atoms with Crippen LogP contribution in [-0.4, -0.2) is 12.1 Å². The van der Waals surface area contributed by atoms with Crippen LogP contribution in [0.2, 0.25) is 0 Å². The van der Waals surface area contributed by atoms with Crippen LogP contribution in [-0.2, 0) is 9.53 Å². The molecule has 0 spiro atoms. The number of carbonyl (C=O) groups is 1. The maximum absolute atomic E-state index is 12.4. The van der Waals surface area contributed by atoms with E-state index >= 15 is 0 Å². The molecule has 2 heteroatoms. The summed E-state index contributed by atoms with van der Waals surface area (Å²) in [6.07, 6.45) is 13.2. The van der Waals surface area contributed by atoms with E-state index < -0.39 is 0 Å². The lowest BCUT2D eigenvalue weighted by Crippen LogP contribution is -2.31. The van der Waals surface area contributed by atoms with Crippen molar-refractivity contribution in [1.29, 1.82) is 0 Å². The van der Waals surface area contributed by atoms with E-state index in [1.807, 2.05) is 0 Å². The molecule has 102 valence electrons. The first-order valence-electron chi connectivity index (χ1n) is 7.60. The quantitative estimate of drug-likeness (QED) is 0.384. The molecule has 2 aliphatic carbocycles. The fraction of sp³-hybridized carbons (Fsp3) is 0.812. The van der Waals surface area contributed by atoms with Gasteiger partial charge in [0.2, 0.25) is 0 Å². The third-order valence-corrected chi connectivity index (χ3v) is 4.54. The molecule has 0 aromatic carbocycles. The molecule has 18 heavy (non-hydrogen) atoms. The van der Waals surface area contributed by atoms with E-state index in [4.69, 9.17) is 4.74 Å². The Morgan fingerprint density at radius 2 is 2.28 bits per heavy atom. The number of hydrogen-bond donors (Lipinski definition) is 0. The fourth-order valence-corrected chi connectivity index (χ4v) is 3.24. The first-order chi connectivity index (χ1) is 8.70. The van der Waals surface area contributed by atoms with Crippen molar-refractivity contribution >= 4 is 5.97 Å². The van der Waals surface area contributed by atoms with Crippen LogP contribution in [0.1, 0.15) is 65.2 Å². The van der Waals surface area contributed by atoms with Gasteiger partial charge >= 0.3 is 5.97 Å². The standard InChI is InChI=1S/C16H26O2/c1-3-5-6-7-14(4-2)18-15(17)16-10-8-13(12-16)9-11-16/h8,10,13-14H,3-7,9,11-12H2,1-2H3. The van der Waals surface area contributed by atoms with E-state index in [1.165, 1.54) is 19.3 Å². The molecule has 2 aliphatic rings. The molecule has 2 rings (SSSR count). The number of carbonyl (C=O) groups excluding carboxylic acids is 1. The van der Waals surface area contributed by atoms with Gasteiger partial charge in [0.15, 0.2) is 0 Å². The lowest BCUT2D eigenvalue weighted by atomic mass is 9.88. The van der Waals surface area contributed by atoms with E-state index in [9.17, 15) is 4.79 Å². The molecule has 2 bridgehead atoms. The molecule has 1 saturated carbocycles. The second kappa shape index (κ2) is 5.90. The summed E-state index contributed by atoms with van der Waals surface area (Å²) in [4.78, 5) is 12.4. The second-order valence-corrected chi connectivity index (χ2v) is 5.95. The van der Waals surface area contributed by atoms with E-state index in [-0.39, 0.29) is 17.5 Å². The van der Waals surface area contributed by atoms with Crippen LogP contribution >= 0.6 is 0 Å². The maximum Gasteiger partial charge on any atom is 0.316 e. The highest BCUT2D eigenvalue weighted by molar-refractivity contribution is 5.80. The lowest BCUT2D eigenvalue weighted by molar-refractivity contribution is -0.158. The summed E-state index contributed by atoms with van der Waals surface area (Å²) in [7, 11) is 0. The molecular formula is C16H26O2. The van der Waals surface area contributed by atoms with E-state index in [1.54, 1.807) is 0 Å². The number of allylic oxidation sites excluding steroid dienone is 1. The van der Waals surface area contributed by atoms with Crippen molar-refractivity contribution in [1.82, 2.24) is 0 Å². The van der Waals surface area contributed by atoms with Gasteiger partial charge in [0.1, 0.15) is 6.10 Å². The molecular weight excluding hydrogens is 224 g/mol. The topological polar surface area (TPSA) is 26.3 Å². The number of hydrogen-bond acceptors (Lipinski definition) is 2. The van der Waals surface area contributed by atoms with Gasteiger partial charge in [-0.25, -0.2) is 0 Å². The molecule has 0 amide bonds. The molecule has 0 aromatic heterocycles. The van der Waals surface area contributed by atoms with E-state index in [2.05, 4.69) is 26.0 Å². The van der Waals surface area contributed by atoms with Crippen molar-refractivity contribution in [2.75, 3.05) is 0 Å². The van der Waals surface area contributed by atoms with Crippen LogP contribution in [0.4, 0.5) is 0 Å². The predicted octanol–water partition coefficient (Wildman–Crippen LogP) is 4.24. The maximum atomic E-state index is 12.4. The van der Waals surface area contributed by atoms with Crippen LogP contribution < -0.4 is 0 Å². The molecule has 3 atom stereocenters. The van der Waals surface area contributed by atoms with Crippen molar-refractivity contribution in [3.63, 3.8) is 0 Å². The zero-order valence-corrected chi connectivity index (χ0v) is 11.8. The molecule has 0 N–H and O–H groups in total. The highest BCUT2D eigenvalue weighted by atomic mass is 16.5. The van der Waals surface area contributed by atoms with Gasteiger partial charge in [-0.15, -0.1) is 0 Å². The summed E-state index contributed by atoms with van der Waals surface area (Å²) >= 11 is 0. The molecule has 0 saturated heterocycles. The summed E-state index contributed by atoms with van der Waals surface area (Å²) < 4.78 is 5.76. The van der Waals surface area contributed by atoms with Gasteiger partial charge in [0.05, 0.1) is 5.41 Å². The highest BCUT2D eigenvalue weighted by Gasteiger charge is 2.48. The third kappa shape index (κ3) is 2.78.